The number of carboxylic acids is 1. The highest BCUT2D eigenvalue weighted by atomic mass is 32.1. The quantitative estimate of drug-likeness (QED) is 0.406. The Morgan fingerprint density at radius 3 is 2.79 bits per heavy atom. The van der Waals surface area contributed by atoms with Crippen LogP contribution in [0.1, 0.15) is 49.1 Å². The van der Waals surface area contributed by atoms with E-state index >= 15 is 0 Å². The van der Waals surface area contributed by atoms with E-state index < -0.39 is 17.7 Å². The predicted octanol–water partition coefficient (Wildman–Crippen LogP) is 4.82. The monoisotopic (exact) mass is 536 g/mol. The number of nitrogens with one attached hydrogen (secondary N) is 1. The van der Waals surface area contributed by atoms with Crippen LogP contribution in [-0.2, 0) is 27.3 Å². The van der Waals surface area contributed by atoms with E-state index in [0.717, 1.165) is 42.4 Å². The van der Waals surface area contributed by atoms with Crippen molar-refractivity contribution in [2.45, 2.75) is 51.5 Å². The highest BCUT2D eigenvalue weighted by Crippen LogP contribution is 2.36. The largest absolute Gasteiger partial charge is 0.481 e. The van der Waals surface area contributed by atoms with Gasteiger partial charge in [-0.2, -0.15) is 0 Å². The van der Waals surface area contributed by atoms with E-state index in [0.29, 0.717) is 34.4 Å². The number of hydrogen-bond donors (Lipinski definition) is 2. The van der Waals surface area contributed by atoms with E-state index in [1.165, 1.54) is 28.4 Å². The summed E-state index contributed by atoms with van der Waals surface area (Å²) in [4.78, 5) is 46.9. The Labute approximate surface area is 223 Å². The maximum Gasteiger partial charge on any atom is 0.304 e. The van der Waals surface area contributed by atoms with E-state index in [-0.39, 0.29) is 31.2 Å². The van der Waals surface area contributed by atoms with Gasteiger partial charge >= 0.3 is 5.97 Å². The number of pyridine rings is 1. The lowest BCUT2D eigenvalue weighted by Crippen LogP contribution is -2.32. The third kappa shape index (κ3) is 5.60. The summed E-state index contributed by atoms with van der Waals surface area (Å²) in [6.07, 6.45) is 6.69. The summed E-state index contributed by atoms with van der Waals surface area (Å²) in [5.41, 5.74) is 3.47. The molecule has 0 radical (unpaired) electrons. The Kier molecular flexibility index (Phi) is 7.51. The molecular weight excluding hydrogens is 507 g/mol. The Morgan fingerprint density at radius 2 is 2.03 bits per heavy atom. The Balaban J connectivity index is 1.32. The highest BCUT2D eigenvalue weighted by Gasteiger charge is 2.28. The van der Waals surface area contributed by atoms with Gasteiger partial charge in [-0.25, -0.2) is 14.4 Å². The van der Waals surface area contributed by atoms with Gasteiger partial charge in [0.05, 0.1) is 25.1 Å². The molecule has 0 unspecified atom stereocenters. The molecule has 2 aromatic heterocycles. The number of anilines is 1. The normalized spacial score (nSPS) is 16.1. The lowest BCUT2D eigenvalue weighted by Gasteiger charge is -2.18. The second-order valence-corrected chi connectivity index (χ2v) is 11.0. The smallest absolute Gasteiger partial charge is 0.304 e. The fourth-order valence-corrected chi connectivity index (χ4v) is 6.16. The molecule has 2 N–H and O–H groups in total. The van der Waals surface area contributed by atoms with Crippen molar-refractivity contribution in [2.24, 2.45) is 11.8 Å². The number of nitrogens with zero attached hydrogens (tertiary/aromatic N) is 3. The SMILES string of the molecule is CN1C(=O)Cc2cc(-c3ccc(F)cc3-c3csc(CNC(=O)[C@@H](CC(=O)O)CC4CCCC4)n3)cnc21. The van der Waals surface area contributed by atoms with E-state index in [1.54, 1.807) is 19.3 Å². The first-order valence-electron chi connectivity index (χ1n) is 12.8. The lowest BCUT2D eigenvalue weighted by molar-refractivity contribution is -0.141. The van der Waals surface area contributed by atoms with Crippen LogP contribution in [-0.4, -0.2) is 39.9 Å². The van der Waals surface area contributed by atoms with Crippen LogP contribution in [0.3, 0.4) is 0 Å². The van der Waals surface area contributed by atoms with Crippen LogP contribution in [0.4, 0.5) is 10.2 Å². The molecule has 1 aliphatic carbocycles. The second kappa shape index (κ2) is 11.0. The van der Waals surface area contributed by atoms with E-state index in [9.17, 15) is 23.9 Å². The molecule has 10 heteroatoms. The van der Waals surface area contributed by atoms with Crippen LogP contribution in [0, 0.1) is 17.7 Å². The topological polar surface area (TPSA) is 112 Å². The summed E-state index contributed by atoms with van der Waals surface area (Å²) in [6, 6.07) is 6.38. The van der Waals surface area contributed by atoms with Gasteiger partial charge in [0.15, 0.2) is 0 Å². The maximum absolute atomic E-state index is 14.3. The summed E-state index contributed by atoms with van der Waals surface area (Å²) < 4.78 is 14.3. The van der Waals surface area contributed by atoms with E-state index in [2.05, 4.69) is 15.3 Å². The van der Waals surface area contributed by atoms with Crippen molar-refractivity contribution in [1.29, 1.82) is 0 Å². The van der Waals surface area contributed by atoms with Crippen LogP contribution in [0.5, 0.6) is 0 Å². The molecule has 1 fully saturated rings. The number of carboxylic acid groups (broad SMARTS) is 1. The van der Waals surface area contributed by atoms with Crippen LogP contribution < -0.4 is 10.2 Å². The minimum atomic E-state index is -0.977. The van der Waals surface area contributed by atoms with E-state index in [1.807, 2.05) is 11.4 Å². The fourth-order valence-electron chi connectivity index (χ4n) is 5.43. The summed E-state index contributed by atoms with van der Waals surface area (Å²) in [6.45, 7) is 0.170. The van der Waals surface area contributed by atoms with Crippen LogP contribution in [0.15, 0.2) is 35.8 Å². The molecule has 1 saturated carbocycles. The first-order chi connectivity index (χ1) is 18.3. The molecule has 0 spiro atoms. The Hall–Kier alpha value is -3.66. The van der Waals surface area contributed by atoms with Gasteiger partial charge in [0.1, 0.15) is 16.6 Å². The maximum atomic E-state index is 14.3. The molecule has 0 saturated heterocycles. The average molecular weight is 537 g/mol. The highest BCUT2D eigenvalue weighted by molar-refractivity contribution is 7.09. The number of halogens is 1. The van der Waals surface area contributed by atoms with Gasteiger partial charge in [-0.15, -0.1) is 11.3 Å². The third-order valence-corrected chi connectivity index (χ3v) is 8.24. The molecule has 3 aromatic rings. The molecular formula is C28H29FN4O4S. The Bertz CT molecular complexity index is 1380. The number of hydrogen-bond acceptors (Lipinski definition) is 6. The zero-order valence-electron chi connectivity index (χ0n) is 21.1. The van der Waals surface area contributed by atoms with Gasteiger partial charge in [0.25, 0.3) is 0 Å². The molecule has 1 atom stereocenters. The minimum Gasteiger partial charge on any atom is -0.481 e. The fraction of sp³-hybridized carbons (Fsp3) is 0.393. The van der Waals surface area contributed by atoms with E-state index in [4.69, 9.17) is 0 Å². The molecule has 2 aliphatic rings. The number of amides is 2. The third-order valence-electron chi connectivity index (χ3n) is 7.39. The number of rotatable bonds is 9. The predicted molar refractivity (Wildman–Crippen MR) is 142 cm³/mol. The molecule has 3 heterocycles. The van der Waals surface area contributed by atoms with Gasteiger partial charge in [0.2, 0.25) is 11.8 Å². The lowest BCUT2D eigenvalue weighted by atomic mass is 9.90. The van der Waals surface area contributed by atoms with Crippen molar-refractivity contribution in [3.8, 4) is 22.4 Å². The van der Waals surface area contributed by atoms with Crippen molar-refractivity contribution in [1.82, 2.24) is 15.3 Å². The van der Waals surface area contributed by atoms with Gasteiger partial charge in [-0.1, -0.05) is 31.7 Å². The average Bonchev–Trinajstić information content (AvgIpc) is 3.63. The van der Waals surface area contributed by atoms with Gasteiger partial charge in [-0.05, 0) is 36.1 Å². The first kappa shape index (κ1) is 26.0. The van der Waals surface area contributed by atoms with Crippen molar-refractivity contribution in [3.05, 3.63) is 52.2 Å². The van der Waals surface area contributed by atoms with Crippen LogP contribution in [0.25, 0.3) is 22.4 Å². The van der Waals surface area contributed by atoms with Crippen molar-refractivity contribution >= 4 is 34.9 Å². The first-order valence-corrected chi connectivity index (χ1v) is 13.7. The zero-order chi connectivity index (χ0) is 26.8. The molecule has 1 aliphatic heterocycles. The molecule has 198 valence electrons. The molecule has 0 bridgehead atoms. The number of benzene rings is 1. The number of likely N-dealkylation sites (N-methyl/N-ethyl adjacent to an activating group) is 1. The number of carbonyl (C=O) groups excluding carboxylic acids is 2. The molecule has 2 amide bonds. The van der Waals surface area contributed by atoms with Crippen molar-refractivity contribution < 1.29 is 23.9 Å². The number of aliphatic carboxylic acids is 1. The summed E-state index contributed by atoms with van der Waals surface area (Å²) in [5, 5.41) is 14.6. The summed E-state index contributed by atoms with van der Waals surface area (Å²) in [5.74, 6) is -1.22. The number of fused-ring (bicyclic) bond motifs is 1. The molecule has 8 nitrogen and oxygen atoms in total. The number of carbonyl (C=O) groups is 3. The van der Waals surface area contributed by atoms with Crippen LogP contribution in [0.2, 0.25) is 0 Å². The zero-order valence-corrected chi connectivity index (χ0v) is 21.9. The van der Waals surface area contributed by atoms with Crippen molar-refractivity contribution in [3.63, 3.8) is 0 Å². The number of aromatic nitrogens is 2. The van der Waals surface area contributed by atoms with Gasteiger partial charge in [0, 0.05) is 41.2 Å². The minimum absolute atomic E-state index is 0.0241. The second-order valence-electron chi connectivity index (χ2n) is 10.1. The summed E-state index contributed by atoms with van der Waals surface area (Å²) >= 11 is 1.34. The summed E-state index contributed by atoms with van der Waals surface area (Å²) in [7, 11) is 1.69. The standard InChI is InChI=1S/C28H29FN4O4S/c1-33-25(34)10-17-9-19(13-30-27(17)33)21-7-6-20(29)12-22(21)23-15-38-24(32-23)14-31-28(37)18(11-26(35)36)8-16-4-2-3-5-16/h6-7,9,12-13,15-16,18H,2-5,8,10-11,14H2,1H3,(H,31,37)(H,35,36)/t18-/m1/s1. The van der Waals surface area contributed by atoms with Gasteiger partial charge in [-0.3, -0.25) is 19.3 Å². The Morgan fingerprint density at radius 1 is 1.24 bits per heavy atom. The molecule has 5 rings (SSSR count). The molecule has 38 heavy (non-hydrogen) atoms. The van der Waals surface area contributed by atoms with Crippen molar-refractivity contribution in [2.75, 3.05) is 11.9 Å². The number of thiazole rings is 1. The molecule has 1 aromatic carbocycles. The van der Waals surface area contributed by atoms with Gasteiger partial charge < -0.3 is 10.4 Å². The van der Waals surface area contributed by atoms with Crippen LogP contribution >= 0.6 is 11.3 Å².